The number of aryl methyl sites for hydroxylation is 4. The second-order valence-electron chi connectivity index (χ2n) is 15.1. The zero-order chi connectivity index (χ0) is 45.5. The van der Waals surface area contributed by atoms with Crippen LogP contribution in [0.3, 0.4) is 0 Å². The predicted molar refractivity (Wildman–Crippen MR) is 221 cm³/mol. The van der Waals surface area contributed by atoms with E-state index in [2.05, 4.69) is 79.9 Å². The fraction of sp³-hybridized carbons (Fsp3) is 0.524. The van der Waals surface area contributed by atoms with Crippen molar-refractivity contribution in [2.24, 2.45) is 0 Å². The van der Waals surface area contributed by atoms with Gasteiger partial charge in [0, 0.05) is 62.4 Å². The lowest BCUT2D eigenvalue weighted by molar-refractivity contribution is -0.668. The number of carboxylic acid groups (broad SMARTS) is 2. The maximum absolute atomic E-state index is 12.4. The van der Waals surface area contributed by atoms with Gasteiger partial charge in [-0.15, -0.1) is 0 Å². The third kappa shape index (κ3) is 18.2. The Balaban J connectivity index is 0.000000530. The van der Waals surface area contributed by atoms with Crippen molar-refractivity contribution in [2.75, 3.05) is 26.2 Å². The molecule has 4 N–H and O–H groups in total. The molecule has 60 heavy (non-hydrogen) atoms. The molecule has 18 nitrogen and oxygen atoms in total. The van der Waals surface area contributed by atoms with Gasteiger partial charge >= 0.3 is 12.2 Å². The quantitative estimate of drug-likeness (QED) is 0.0819. The molecule has 0 aliphatic rings. The van der Waals surface area contributed by atoms with E-state index in [1.54, 1.807) is 0 Å². The number of nitrogens with one attached hydrogen (secondary N) is 4. The van der Waals surface area contributed by atoms with Crippen molar-refractivity contribution in [1.82, 2.24) is 30.4 Å². The Labute approximate surface area is 352 Å². The van der Waals surface area contributed by atoms with Gasteiger partial charge in [-0.1, -0.05) is 0 Å². The Kier molecular flexibility index (Phi) is 22.5. The van der Waals surface area contributed by atoms with E-state index in [9.17, 15) is 19.2 Å². The van der Waals surface area contributed by atoms with Gasteiger partial charge < -0.3 is 50.5 Å². The van der Waals surface area contributed by atoms with Crippen LogP contribution in [0.4, 0.5) is 9.59 Å². The average molecular weight is 841 g/mol. The van der Waals surface area contributed by atoms with Gasteiger partial charge in [-0.25, -0.2) is 27.9 Å². The maximum atomic E-state index is 12.4. The third-order valence-corrected chi connectivity index (χ3v) is 8.25. The van der Waals surface area contributed by atoms with Crippen LogP contribution in [0.15, 0.2) is 49.1 Å². The van der Waals surface area contributed by atoms with Crippen LogP contribution in [0.5, 0.6) is 0 Å². The molecule has 18 heteroatoms. The number of fused-ring (bicyclic) bond motifs is 2. The molecule has 4 rings (SSSR count). The van der Waals surface area contributed by atoms with Gasteiger partial charge in [0.25, 0.3) is 11.8 Å². The molecule has 0 saturated heterocycles. The van der Waals surface area contributed by atoms with Gasteiger partial charge in [0.05, 0.1) is 26.2 Å². The molecule has 0 spiro atoms. The number of ether oxygens (including phenoxy) is 2. The van der Waals surface area contributed by atoms with Gasteiger partial charge in [0.2, 0.25) is 12.7 Å². The fourth-order valence-corrected chi connectivity index (χ4v) is 5.66. The summed E-state index contributed by atoms with van der Waals surface area (Å²) in [7, 11) is 0. The van der Waals surface area contributed by atoms with E-state index in [-0.39, 0.29) is 11.8 Å². The Hall–Kier alpha value is -6.20. The number of nitrogens with zero attached hydrogens (tertiary/aromatic N) is 4. The number of imidazole rings is 2. The van der Waals surface area contributed by atoms with Crippen LogP contribution >= 0.6 is 0 Å². The lowest BCUT2D eigenvalue weighted by atomic mass is 10.2. The van der Waals surface area contributed by atoms with Gasteiger partial charge in [0.1, 0.15) is 11.2 Å². The summed E-state index contributed by atoms with van der Waals surface area (Å²) in [5.74, 6) is -0.220. The van der Waals surface area contributed by atoms with E-state index < -0.39 is 36.3 Å². The number of carbonyl (C=O) groups excluding carboxylic acids is 6. The number of aromatic nitrogens is 4. The molecule has 0 unspecified atom stereocenters. The highest BCUT2D eigenvalue weighted by atomic mass is 16.6. The van der Waals surface area contributed by atoms with Gasteiger partial charge in [0.15, 0.2) is 22.1 Å². The second-order valence-corrected chi connectivity index (χ2v) is 15.1. The number of alkyl carbamates (subject to hydrolysis) is 2. The maximum Gasteiger partial charge on any atom is 0.407 e. The molecule has 0 bridgehead atoms. The zero-order valence-corrected chi connectivity index (χ0v) is 36.7. The summed E-state index contributed by atoms with van der Waals surface area (Å²) in [4.78, 5) is 64.4. The molecular weight excluding hydrogens is 777 g/mol. The Bertz CT molecular complexity index is 1850. The minimum Gasteiger partial charge on any atom is -0.554 e. The summed E-state index contributed by atoms with van der Waals surface area (Å²) in [5.41, 5.74) is 4.61. The van der Waals surface area contributed by atoms with Crippen molar-refractivity contribution in [3.8, 4) is 0 Å². The molecule has 4 amide bonds. The lowest BCUT2D eigenvalue weighted by Gasteiger charge is -2.19. The SMILES string of the molecule is CCn1c[n+](CC)c2ccc(C(=O)NCCCNC(=O)OC(C)(C)C)cc21.CCn1c[n+](CC)c2ccc(C(=O)NCCCNC(=O)OC(C)(C)C)cc21.O=C[O-].O=C[O-]. The van der Waals surface area contributed by atoms with Crippen LogP contribution in [-0.4, -0.2) is 83.5 Å². The number of carbonyl (C=O) groups is 6. The van der Waals surface area contributed by atoms with Crippen LogP contribution in [0, 0.1) is 0 Å². The molecular formula is C42H64N8O10. The van der Waals surface area contributed by atoms with E-state index in [0.717, 1.165) is 48.2 Å². The molecule has 4 aromatic rings. The number of amides is 4. The summed E-state index contributed by atoms with van der Waals surface area (Å²) in [5, 5.41) is 27.7. The smallest absolute Gasteiger partial charge is 0.407 e. The number of rotatable bonds is 14. The zero-order valence-electron chi connectivity index (χ0n) is 36.7. The molecule has 0 radical (unpaired) electrons. The summed E-state index contributed by atoms with van der Waals surface area (Å²) in [6, 6.07) is 11.5. The van der Waals surface area contributed by atoms with E-state index in [0.29, 0.717) is 50.1 Å². The van der Waals surface area contributed by atoms with Gasteiger partial charge in [-0.05, 0) is 106 Å². The monoisotopic (exact) mass is 840 g/mol. The Morgan fingerprint density at radius 3 is 1.20 bits per heavy atom. The highest BCUT2D eigenvalue weighted by Crippen LogP contribution is 2.16. The lowest BCUT2D eigenvalue weighted by Crippen LogP contribution is -2.34. The molecule has 0 fully saturated rings. The van der Waals surface area contributed by atoms with Gasteiger partial charge in [-0.3, -0.25) is 9.59 Å². The van der Waals surface area contributed by atoms with E-state index in [4.69, 9.17) is 29.3 Å². The van der Waals surface area contributed by atoms with E-state index in [1.807, 2.05) is 77.9 Å². The summed E-state index contributed by atoms with van der Waals surface area (Å²) >= 11 is 0. The number of hydrogen-bond acceptors (Lipinski definition) is 10. The summed E-state index contributed by atoms with van der Waals surface area (Å²) in [6.45, 7) is 23.6. The number of hydrogen-bond donors (Lipinski definition) is 4. The standard InChI is InChI=1S/2C20H30N4O3.2CH2O2/c2*1-6-23-14-24(7-2)17-13-15(9-10-16(17)23)18(25)21-11-8-12-22-19(26)27-20(3,4)5;2*2-1-3/h2*9-10,13-14H,6-8,11-12H2,1-5H3,(H-,21,22,25,26);2*1H,(H,2,3). The minimum absolute atomic E-state index is 0.110. The third-order valence-electron chi connectivity index (χ3n) is 8.25. The van der Waals surface area contributed by atoms with E-state index >= 15 is 0 Å². The van der Waals surface area contributed by atoms with Crippen LogP contribution < -0.4 is 40.6 Å². The Morgan fingerprint density at radius 2 is 0.917 bits per heavy atom. The van der Waals surface area contributed by atoms with Crippen molar-refractivity contribution < 1.29 is 57.6 Å². The molecule has 0 saturated carbocycles. The first-order chi connectivity index (χ1) is 28.3. The summed E-state index contributed by atoms with van der Waals surface area (Å²) in [6.07, 6.45) is 4.54. The van der Waals surface area contributed by atoms with E-state index in [1.165, 1.54) is 0 Å². The van der Waals surface area contributed by atoms with Crippen LogP contribution in [-0.2, 0) is 45.2 Å². The highest BCUT2D eigenvalue weighted by molar-refractivity contribution is 5.97. The van der Waals surface area contributed by atoms with Gasteiger partial charge in [-0.2, -0.15) is 0 Å². The Morgan fingerprint density at radius 1 is 0.600 bits per heavy atom. The van der Waals surface area contributed by atoms with Crippen molar-refractivity contribution in [3.63, 3.8) is 0 Å². The van der Waals surface area contributed by atoms with Crippen LogP contribution in [0.25, 0.3) is 22.1 Å². The van der Waals surface area contributed by atoms with Crippen LogP contribution in [0.2, 0.25) is 0 Å². The summed E-state index contributed by atoms with van der Waals surface area (Å²) < 4.78 is 19.0. The normalized spacial score (nSPS) is 10.7. The second kappa shape index (κ2) is 26.0. The van der Waals surface area contributed by atoms with Crippen molar-refractivity contribution >= 4 is 59.0 Å². The predicted octanol–water partition coefficient (Wildman–Crippen LogP) is 1.96. The molecule has 0 aliphatic heterocycles. The van der Waals surface area contributed by atoms with Crippen molar-refractivity contribution in [2.45, 2.75) is 119 Å². The van der Waals surface area contributed by atoms with Crippen LogP contribution in [0.1, 0.15) is 103 Å². The molecule has 0 aliphatic carbocycles. The number of benzene rings is 2. The van der Waals surface area contributed by atoms with Crippen molar-refractivity contribution in [3.05, 3.63) is 60.2 Å². The first kappa shape index (κ1) is 51.8. The molecule has 332 valence electrons. The minimum atomic E-state index is -0.511. The molecule has 2 aromatic carbocycles. The first-order valence-corrected chi connectivity index (χ1v) is 20.0. The molecule has 0 atom stereocenters. The topological polar surface area (TPSA) is 233 Å². The highest BCUT2D eigenvalue weighted by Gasteiger charge is 2.19. The fourth-order valence-electron chi connectivity index (χ4n) is 5.66. The average Bonchev–Trinajstić information content (AvgIpc) is 3.73. The molecule has 2 heterocycles. The first-order valence-electron chi connectivity index (χ1n) is 20.0. The largest absolute Gasteiger partial charge is 0.554 e. The van der Waals surface area contributed by atoms with Crippen molar-refractivity contribution in [1.29, 1.82) is 0 Å². The molecule has 2 aromatic heterocycles.